The minimum atomic E-state index is -0.921. The molecule has 0 radical (unpaired) electrons. The van der Waals surface area contributed by atoms with Crippen LogP contribution in [0, 0.1) is 5.92 Å². The first-order valence-electron chi connectivity index (χ1n) is 10.1. The number of hydrogen-bond donors (Lipinski definition) is 3. The van der Waals surface area contributed by atoms with Gasteiger partial charge in [-0.05, 0) is 47.5 Å². The summed E-state index contributed by atoms with van der Waals surface area (Å²) in [6.45, 7) is 4.64. The highest BCUT2D eigenvalue weighted by atomic mass is 32.1. The predicted molar refractivity (Wildman–Crippen MR) is 128 cm³/mol. The Kier molecular flexibility index (Phi) is 7.60. The number of amides is 3. The second-order valence-electron chi connectivity index (χ2n) is 7.54. The molecule has 8 nitrogen and oxygen atoms in total. The van der Waals surface area contributed by atoms with Gasteiger partial charge < -0.3 is 16.8 Å². The molecule has 3 rings (SSSR count). The third-order valence-corrected chi connectivity index (χ3v) is 6.52. The molecule has 3 amide bonds. The van der Waals surface area contributed by atoms with E-state index in [1.165, 1.54) is 16.2 Å². The minimum absolute atomic E-state index is 0.0548. The summed E-state index contributed by atoms with van der Waals surface area (Å²) in [4.78, 5) is 40.8. The fraction of sp³-hybridized carbons (Fsp3) is 0.273. The Balaban J connectivity index is 2.07. The molecule has 1 atom stereocenters. The molecule has 0 saturated heterocycles. The van der Waals surface area contributed by atoms with Crippen LogP contribution in [0.5, 0.6) is 0 Å². The van der Waals surface area contributed by atoms with Crippen LogP contribution in [0.2, 0.25) is 0 Å². The number of nitrogens with one attached hydrogen (secondary N) is 1. The van der Waals surface area contributed by atoms with Crippen LogP contribution in [0.4, 0.5) is 11.4 Å². The molecule has 0 aliphatic rings. The van der Waals surface area contributed by atoms with Gasteiger partial charge in [0.05, 0.1) is 5.69 Å². The highest BCUT2D eigenvalue weighted by molar-refractivity contribution is 7.10. The number of para-hydroxylation sites is 1. The lowest BCUT2D eigenvalue weighted by Gasteiger charge is -2.30. The van der Waals surface area contributed by atoms with Crippen LogP contribution in [0.1, 0.15) is 51.3 Å². The summed E-state index contributed by atoms with van der Waals surface area (Å²) >= 11 is 2.17. The summed E-state index contributed by atoms with van der Waals surface area (Å²) in [5, 5.41) is 4.80. The molecule has 10 heteroatoms. The normalized spacial score (nSPS) is 11.8. The third kappa shape index (κ3) is 5.14. The smallest absolute Gasteiger partial charge is 0.273 e. The van der Waals surface area contributed by atoms with Gasteiger partial charge in [-0.15, -0.1) is 11.3 Å². The Morgan fingerprint density at radius 1 is 1.12 bits per heavy atom. The summed E-state index contributed by atoms with van der Waals surface area (Å²) < 4.78 is 3.94. The topological polar surface area (TPSA) is 131 Å². The quantitative estimate of drug-likeness (QED) is 0.440. The predicted octanol–water partition coefficient (Wildman–Crippen LogP) is 3.44. The maximum Gasteiger partial charge on any atom is 0.273 e. The average Bonchev–Trinajstić information content (AvgIpc) is 3.41. The number of benzene rings is 1. The number of rotatable bonds is 9. The fourth-order valence-corrected chi connectivity index (χ4v) is 4.67. The number of carbonyl (C=O) groups excluding carboxylic acids is 3. The molecule has 0 fully saturated rings. The van der Waals surface area contributed by atoms with Crippen LogP contribution in [0.15, 0.2) is 47.8 Å². The molecule has 32 heavy (non-hydrogen) atoms. The second-order valence-corrected chi connectivity index (χ2v) is 9.29. The number of nitrogens with zero attached hydrogens (tertiary/aromatic N) is 2. The van der Waals surface area contributed by atoms with E-state index in [0.29, 0.717) is 23.0 Å². The SMILES string of the molecule is CC(C)CCNC(=O)C(c1cccs1)N(C(=O)c1snc(C(N)=O)c1N)c1ccccc1. The van der Waals surface area contributed by atoms with E-state index >= 15 is 0 Å². The monoisotopic (exact) mass is 471 g/mol. The van der Waals surface area contributed by atoms with Crippen LogP contribution in [-0.4, -0.2) is 28.6 Å². The highest BCUT2D eigenvalue weighted by Gasteiger charge is 2.36. The van der Waals surface area contributed by atoms with E-state index in [2.05, 4.69) is 23.5 Å². The Morgan fingerprint density at radius 3 is 2.41 bits per heavy atom. The Bertz CT molecular complexity index is 1080. The molecule has 0 aliphatic heterocycles. The van der Waals surface area contributed by atoms with E-state index in [1.807, 2.05) is 23.6 Å². The largest absolute Gasteiger partial charge is 0.395 e. The van der Waals surface area contributed by atoms with E-state index < -0.39 is 17.9 Å². The van der Waals surface area contributed by atoms with Gasteiger partial charge in [-0.1, -0.05) is 38.1 Å². The van der Waals surface area contributed by atoms with Gasteiger partial charge in [-0.3, -0.25) is 19.3 Å². The number of nitrogen functional groups attached to an aromatic ring is 1. The van der Waals surface area contributed by atoms with Gasteiger partial charge in [0.2, 0.25) is 5.91 Å². The molecular formula is C22H25N5O3S2. The summed E-state index contributed by atoms with van der Waals surface area (Å²) in [6.07, 6.45) is 0.811. The first-order valence-corrected chi connectivity index (χ1v) is 11.7. The number of primary amides is 1. The van der Waals surface area contributed by atoms with Crippen molar-refractivity contribution in [2.24, 2.45) is 11.7 Å². The summed E-state index contributed by atoms with van der Waals surface area (Å²) in [6, 6.07) is 11.6. The number of thiophene rings is 1. The zero-order valence-corrected chi connectivity index (χ0v) is 19.4. The first-order chi connectivity index (χ1) is 15.3. The van der Waals surface area contributed by atoms with Crippen LogP contribution < -0.4 is 21.7 Å². The molecule has 2 heterocycles. The van der Waals surface area contributed by atoms with E-state index in [4.69, 9.17) is 11.5 Å². The highest BCUT2D eigenvalue weighted by Crippen LogP contribution is 2.34. The maximum atomic E-state index is 13.7. The van der Waals surface area contributed by atoms with Crippen molar-refractivity contribution in [1.29, 1.82) is 0 Å². The van der Waals surface area contributed by atoms with Crippen molar-refractivity contribution < 1.29 is 14.4 Å². The molecule has 2 aromatic heterocycles. The number of hydrogen-bond acceptors (Lipinski definition) is 7. The van der Waals surface area contributed by atoms with Crippen molar-refractivity contribution in [3.05, 3.63) is 63.3 Å². The van der Waals surface area contributed by atoms with E-state index in [-0.39, 0.29) is 22.2 Å². The maximum absolute atomic E-state index is 13.7. The van der Waals surface area contributed by atoms with Crippen molar-refractivity contribution in [2.45, 2.75) is 26.3 Å². The van der Waals surface area contributed by atoms with Crippen LogP contribution >= 0.6 is 22.9 Å². The van der Waals surface area contributed by atoms with E-state index in [0.717, 1.165) is 18.0 Å². The van der Waals surface area contributed by atoms with E-state index in [1.54, 1.807) is 24.3 Å². The van der Waals surface area contributed by atoms with Crippen LogP contribution in [-0.2, 0) is 4.79 Å². The minimum Gasteiger partial charge on any atom is -0.395 e. The van der Waals surface area contributed by atoms with Gasteiger partial charge in [0.1, 0.15) is 4.88 Å². The molecule has 0 aliphatic carbocycles. The molecule has 0 bridgehead atoms. The number of aromatic nitrogens is 1. The summed E-state index contributed by atoms with van der Waals surface area (Å²) in [5.41, 5.74) is 11.6. The standard InChI is InChI=1S/C22H25N5O3S2/c1-13(2)10-11-25-21(29)18(15-9-6-12-31-15)27(14-7-4-3-5-8-14)22(30)19-16(23)17(20(24)28)26-32-19/h3-9,12-13,18H,10-11,23H2,1-2H3,(H2,24,28)(H,25,29). The zero-order chi connectivity index (χ0) is 23.3. The summed E-state index contributed by atoms with van der Waals surface area (Å²) in [7, 11) is 0. The van der Waals surface area contributed by atoms with Gasteiger partial charge in [-0.2, -0.15) is 4.37 Å². The van der Waals surface area contributed by atoms with Crippen molar-refractivity contribution >= 4 is 52.0 Å². The molecule has 1 unspecified atom stereocenters. The lowest BCUT2D eigenvalue weighted by Crippen LogP contribution is -2.44. The van der Waals surface area contributed by atoms with Crippen molar-refractivity contribution in [1.82, 2.24) is 9.69 Å². The molecule has 1 aromatic carbocycles. The Labute approximate surface area is 194 Å². The number of carbonyl (C=O) groups is 3. The van der Waals surface area contributed by atoms with Crippen LogP contribution in [0.3, 0.4) is 0 Å². The molecule has 168 valence electrons. The third-order valence-electron chi connectivity index (χ3n) is 4.75. The molecule has 5 N–H and O–H groups in total. The van der Waals surface area contributed by atoms with Crippen LogP contribution in [0.25, 0.3) is 0 Å². The van der Waals surface area contributed by atoms with Crippen molar-refractivity contribution in [3.8, 4) is 0 Å². The summed E-state index contributed by atoms with van der Waals surface area (Å²) in [5.74, 6) is -1.23. The molecule has 0 spiro atoms. The molecule has 0 saturated carbocycles. The molecule has 3 aromatic rings. The Morgan fingerprint density at radius 2 is 1.84 bits per heavy atom. The molecular weight excluding hydrogens is 446 g/mol. The first kappa shape index (κ1) is 23.4. The lowest BCUT2D eigenvalue weighted by atomic mass is 10.1. The van der Waals surface area contributed by atoms with Gasteiger partial charge in [0.25, 0.3) is 11.8 Å². The van der Waals surface area contributed by atoms with Crippen molar-refractivity contribution in [3.63, 3.8) is 0 Å². The van der Waals surface area contributed by atoms with Gasteiger partial charge in [-0.25, -0.2) is 0 Å². The second kappa shape index (κ2) is 10.4. The van der Waals surface area contributed by atoms with Crippen molar-refractivity contribution in [2.75, 3.05) is 17.2 Å². The number of nitrogens with two attached hydrogens (primary N) is 2. The van der Waals surface area contributed by atoms with E-state index in [9.17, 15) is 14.4 Å². The average molecular weight is 472 g/mol. The Hall–Kier alpha value is -3.24. The van der Waals surface area contributed by atoms with Gasteiger partial charge in [0, 0.05) is 17.1 Å². The lowest BCUT2D eigenvalue weighted by molar-refractivity contribution is -0.122. The van der Waals surface area contributed by atoms with Gasteiger partial charge in [0.15, 0.2) is 11.7 Å². The zero-order valence-electron chi connectivity index (χ0n) is 17.8. The van der Waals surface area contributed by atoms with Gasteiger partial charge >= 0.3 is 0 Å². The fourth-order valence-electron chi connectivity index (χ4n) is 3.11. The number of anilines is 2.